The minimum atomic E-state index is -0.309. The van der Waals surface area contributed by atoms with Gasteiger partial charge in [0.15, 0.2) is 0 Å². The lowest BCUT2D eigenvalue weighted by Crippen LogP contribution is -1.76. The van der Waals surface area contributed by atoms with E-state index in [1.165, 1.54) is 4.90 Å². The van der Waals surface area contributed by atoms with Crippen LogP contribution < -0.4 is 0 Å². The molecule has 1 aliphatic rings. The van der Waals surface area contributed by atoms with E-state index in [0.717, 1.165) is 5.76 Å². The molecule has 2 heteroatoms. The largest absolute Gasteiger partial charge is 0.496 e. The van der Waals surface area contributed by atoms with Crippen LogP contribution in [0.15, 0.2) is 51.8 Å². The first-order valence-electron chi connectivity index (χ1n) is 4.09. The molecule has 1 heterocycles. The van der Waals surface area contributed by atoms with E-state index in [4.69, 9.17) is 4.74 Å². The molecule has 1 atom stereocenters. The Morgan fingerprint density at radius 1 is 1.38 bits per heavy atom. The van der Waals surface area contributed by atoms with Crippen LogP contribution >= 0.6 is 10.9 Å². The number of hydrogen-bond acceptors (Lipinski definition) is 1. The Morgan fingerprint density at radius 2 is 2.31 bits per heavy atom. The first-order valence-corrected chi connectivity index (χ1v) is 5.57. The second kappa shape index (κ2) is 3.71. The van der Waals surface area contributed by atoms with E-state index in [-0.39, 0.29) is 10.9 Å². The van der Waals surface area contributed by atoms with Crippen molar-refractivity contribution in [3.63, 3.8) is 0 Å². The van der Waals surface area contributed by atoms with Crippen LogP contribution in [-0.2, 0) is 4.74 Å². The number of allylic oxidation sites excluding steroid dienone is 1. The molecule has 0 N–H and O–H groups in total. The van der Waals surface area contributed by atoms with Gasteiger partial charge >= 0.3 is 0 Å². The number of methoxy groups -OCH3 is 1. The van der Waals surface area contributed by atoms with Crippen molar-refractivity contribution in [2.75, 3.05) is 7.11 Å². The summed E-state index contributed by atoms with van der Waals surface area (Å²) in [5.41, 5.74) is 0. The van der Waals surface area contributed by atoms with E-state index >= 15 is 0 Å². The lowest BCUT2D eigenvalue weighted by atomic mass is 10.4. The summed E-state index contributed by atoms with van der Waals surface area (Å²) in [6.07, 6.45) is 2.02. The van der Waals surface area contributed by atoms with E-state index in [1.54, 1.807) is 7.11 Å². The molecule has 0 saturated carbocycles. The van der Waals surface area contributed by atoms with E-state index < -0.39 is 0 Å². The highest BCUT2D eigenvalue weighted by atomic mass is 32.2. The van der Waals surface area contributed by atoms with Crippen molar-refractivity contribution < 1.29 is 4.74 Å². The van der Waals surface area contributed by atoms with Crippen molar-refractivity contribution in [3.05, 3.63) is 53.0 Å². The van der Waals surface area contributed by atoms with Crippen LogP contribution in [0.25, 0.3) is 0 Å². The van der Waals surface area contributed by atoms with Crippen LogP contribution in [0.3, 0.4) is 0 Å². The van der Waals surface area contributed by atoms with E-state index in [9.17, 15) is 0 Å². The SMILES string of the molecule is COC1=C[SH](c2[c]cccc2)C=C1. The number of ether oxygens (including phenoxy) is 1. The molecule has 0 saturated heterocycles. The van der Waals surface area contributed by atoms with Crippen molar-refractivity contribution in [2.24, 2.45) is 0 Å². The van der Waals surface area contributed by atoms with Gasteiger partial charge in [0, 0.05) is 10.3 Å². The molecule has 13 heavy (non-hydrogen) atoms. The summed E-state index contributed by atoms with van der Waals surface area (Å²) in [5, 5.41) is 4.33. The molecular weight excluding hydrogens is 180 g/mol. The van der Waals surface area contributed by atoms with Gasteiger partial charge in [0.25, 0.3) is 0 Å². The van der Waals surface area contributed by atoms with Crippen molar-refractivity contribution in [2.45, 2.75) is 4.90 Å². The first-order chi connectivity index (χ1) is 6.40. The molecule has 1 unspecified atom stereocenters. The lowest BCUT2D eigenvalue weighted by molar-refractivity contribution is 0.308. The molecule has 1 nitrogen and oxygen atoms in total. The molecule has 1 radical (unpaired) electrons. The van der Waals surface area contributed by atoms with Crippen molar-refractivity contribution >= 4 is 10.9 Å². The summed E-state index contributed by atoms with van der Waals surface area (Å²) < 4.78 is 5.14. The molecule has 0 amide bonds. The van der Waals surface area contributed by atoms with E-state index in [1.807, 2.05) is 24.3 Å². The van der Waals surface area contributed by atoms with Gasteiger partial charge in [0.2, 0.25) is 0 Å². The molecular formula is C11H11OS. The Kier molecular flexibility index (Phi) is 2.41. The van der Waals surface area contributed by atoms with Gasteiger partial charge in [-0.3, -0.25) is 0 Å². The van der Waals surface area contributed by atoms with Gasteiger partial charge in [0.05, 0.1) is 7.11 Å². The third-order valence-corrected chi connectivity index (χ3v) is 3.71. The predicted octanol–water partition coefficient (Wildman–Crippen LogP) is 2.86. The van der Waals surface area contributed by atoms with Gasteiger partial charge in [-0.2, -0.15) is 10.9 Å². The molecule has 0 aliphatic carbocycles. The average Bonchev–Trinajstić information content (AvgIpc) is 2.67. The smallest absolute Gasteiger partial charge is 0.124 e. The Hall–Kier alpha value is -1.15. The molecule has 0 fully saturated rings. The molecule has 0 aromatic heterocycles. The summed E-state index contributed by atoms with van der Waals surface area (Å²) in [4.78, 5) is 1.25. The third kappa shape index (κ3) is 1.78. The van der Waals surface area contributed by atoms with Crippen molar-refractivity contribution in [1.82, 2.24) is 0 Å². The second-order valence-electron chi connectivity index (χ2n) is 2.71. The lowest BCUT2D eigenvalue weighted by Gasteiger charge is -2.08. The maximum Gasteiger partial charge on any atom is 0.124 e. The monoisotopic (exact) mass is 191 g/mol. The fourth-order valence-electron chi connectivity index (χ4n) is 1.19. The molecule has 1 aromatic rings. The standard InChI is InChI=1S/C11H11OS/c1-12-10-7-8-13(9-10)11-5-3-2-4-6-11/h2-5,7-9,13H,1H3. The van der Waals surface area contributed by atoms with Crippen LogP contribution in [0, 0.1) is 6.07 Å². The molecule has 2 rings (SSSR count). The van der Waals surface area contributed by atoms with Crippen molar-refractivity contribution in [3.8, 4) is 0 Å². The topological polar surface area (TPSA) is 9.23 Å². The zero-order valence-electron chi connectivity index (χ0n) is 7.40. The third-order valence-electron chi connectivity index (χ3n) is 1.87. The number of rotatable bonds is 2. The van der Waals surface area contributed by atoms with Crippen LogP contribution in [0.2, 0.25) is 0 Å². The van der Waals surface area contributed by atoms with Gasteiger partial charge in [-0.1, -0.05) is 18.2 Å². The highest BCUT2D eigenvalue weighted by Gasteiger charge is 2.07. The van der Waals surface area contributed by atoms with Gasteiger partial charge in [-0.05, 0) is 23.6 Å². The highest BCUT2D eigenvalue weighted by Crippen LogP contribution is 2.43. The van der Waals surface area contributed by atoms with Gasteiger partial charge in [-0.25, -0.2) is 0 Å². The zero-order valence-corrected chi connectivity index (χ0v) is 8.29. The Bertz CT molecular complexity index is 340. The predicted molar refractivity (Wildman–Crippen MR) is 56.8 cm³/mol. The van der Waals surface area contributed by atoms with Crippen LogP contribution in [0.5, 0.6) is 0 Å². The molecule has 67 valence electrons. The van der Waals surface area contributed by atoms with Crippen LogP contribution in [0.1, 0.15) is 0 Å². The fraction of sp³-hybridized carbons (Fsp3) is 0.0909. The summed E-state index contributed by atoms with van der Waals surface area (Å²) in [5.74, 6) is 0.961. The maximum absolute atomic E-state index is 5.14. The average molecular weight is 191 g/mol. The minimum Gasteiger partial charge on any atom is -0.496 e. The maximum atomic E-state index is 5.14. The van der Waals surface area contributed by atoms with Crippen LogP contribution in [0.4, 0.5) is 0 Å². The fourth-order valence-corrected chi connectivity index (χ4v) is 2.83. The van der Waals surface area contributed by atoms with Gasteiger partial charge < -0.3 is 4.74 Å². The summed E-state index contributed by atoms with van der Waals surface area (Å²) in [6, 6.07) is 11.3. The van der Waals surface area contributed by atoms with E-state index in [0.29, 0.717) is 0 Å². The van der Waals surface area contributed by atoms with Crippen LogP contribution in [-0.4, -0.2) is 7.11 Å². The molecule has 1 aliphatic heterocycles. The Labute approximate surface area is 81.1 Å². The highest BCUT2D eigenvalue weighted by molar-refractivity contribution is 8.22. The molecule has 0 bridgehead atoms. The molecule has 0 spiro atoms. The number of hydrogen-bond donors (Lipinski definition) is 1. The minimum absolute atomic E-state index is 0.309. The summed E-state index contributed by atoms with van der Waals surface area (Å²) in [6.45, 7) is 0. The van der Waals surface area contributed by atoms with Crippen molar-refractivity contribution in [1.29, 1.82) is 0 Å². The normalized spacial score (nSPS) is 22.8. The quantitative estimate of drug-likeness (QED) is 0.707. The number of thiol groups is 1. The first kappa shape index (κ1) is 8.45. The summed E-state index contributed by atoms with van der Waals surface area (Å²) >= 11 is 0. The Balaban J connectivity index is 2.22. The van der Waals surface area contributed by atoms with Gasteiger partial charge in [-0.15, -0.1) is 0 Å². The van der Waals surface area contributed by atoms with Gasteiger partial charge in [0.1, 0.15) is 5.76 Å². The molecule has 1 aromatic carbocycles. The zero-order chi connectivity index (χ0) is 9.10. The van der Waals surface area contributed by atoms with E-state index in [2.05, 4.69) is 22.9 Å². The summed E-state index contributed by atoms with van der Waals surface area (Å²) in [7, 11) is 1.39. The second-order valence-corrected chi connectivity index (χ2v) is 4.56. The number of benzene rings is 1. The Morgan fingerprint density at radius 3 is 2.92 bits per heavy atom.